The number of anilines is 1. The maximum absolute atomic E-state index is 14.4. The molecule has 0 radical (unpaired) electrons. The van der Waals surface area contributed by atoms with Crippen LogP contribution in [0.1, 0.15) is 109 Å². The van der Waals surface area contributed by atoms with Crippen molar-refractivity contribution in [2.24, 2.45) is 28.8 Å². The number of unbranched alkanes of at least 4 members (excludes halogenated alkanes) is 1. The molecule has 3 heterocycles. The first-order valence-electron chi connectivity index (χ1n) is 20.5. The number of aliphatic hydroxyl groups is 2. The summed E-state index contributed by atoms with van der Waals surface area (Å²) in [7, 11) is 1.43. The number of methoxy groups -OCH3 is 1. The van der Waals surface area contributed by atoms with Gasteiger partial charge in [0.1, 0.15) is 29.5 Å². The zero-order chi connectivity index (χ0) is 44.8. The van der Waals surface area contributed by atoms with Crippen LogP contribution < -0.4 is 10.1 Å². The second kappa shape index (κ2) is 20.0. The van der Waals surface area contributed by atoms with Gasteiger partial charge in [-0.05, 0) is 39.2 Å². The molecule has 10 atom stereocenters. The number of amides is 1. The minimum Gasteiger partial charge on any atom is -0.507 e. The van der Waals surface area contributed by atoms with Crippen molar-refractivity contribution in [1.29, 1.82) is 0 Å². The number of allylic oxidation sites excluding steroid dienone is 2. The summed E-state index contributed by atoms with van der Waals surface area (Å²) in [5.41, 5.74) is -0.555. The predicted molar refractivity (Wildman–Crippen MR) is 226 cm³/mol. The number of aliphatic hydroxyl groups excluding tert-OH is 2. The third-order valence-electron chi connectivity index (χ3n) is 11.8. The van der Waals surface area contributed by atoms with Crippen molar-refractivity contribution >= 4 is 40.3 Å². The van der Waals surface area contributed by atoms with Crippen LogP contribution in [0.4, 0.5) is 5.69 Å². The van der Waals surface area contributed by atoms with Gasteiger partial charge in [-0.2, -0.15) is 0 Å². The van der Waals surface area contributed by atoms with Gasteiger partial charge in [0.15, 0.2) is 5.75 Å². The highest BCUT2D eigenvalue weighted by Crippen LogP contribution is 2.55. The van der Waals surface area contributed by atoms with Gasteiger partial charge in [-0.1, -0.05) is 71.3 Å². The lowest BCUT2D eigenvalue weighted by Gasteiger charge is -2.38. The third kappa shape index (κ3) is 9.74. The number of carbonyl (C=O) groups is 3. The molecule has 3 aliphatic heterocycles. The van der Waals surface area contributed by atoms with E-state index in [1.54, 1.807) is 39.8 Å². The number of nitrogens with zero attached hydrogens (tertiary/aromatic N) is 1. The van der Waals surface area contributed by atoms with Crippen LogP contribution in [0.15, 0.2) is 41.3 Å². The Bertz CT molecular complexity index is 2040. The lowest BCUT2D eigenvalue weighted by molar-refractivity contribution is -0.160. The van der Waals surface area contributed by atoms with Crippen molar-refractivity contribution in [2.75, 3.05) is 12.4 Å². The molecule has 3 aliphatic rings. The molecule has 15 heteroatoms. The molecule has 0 fully saturated rings. The van der Waals surface area contributed by atoms with Crippen molar-refractivity contribution < 1.29 is 63.7 Å². The number of fused-ring (bicyclic) bond motifs is 14. The molecule has 0 saturated carbocycles. The number of aromatic hydroxyl groups is 3. The summed E-state index contributed by atoms with van der Waals surface area (Å²) < 4.78 is 23.6. The average Bonchev–Trinajstić information content (AvgIpc) is 3.48. The van der Waals surface area contributed by atoms with Gasteiger partial charge in [-0.3, -0.25) is 14.4 Å². The summed E-state index contributed by atoms with van der Waals surface area (Å²) in [6.45, 7) is 16.5. The first kappa shape index (κ1) is 47.6. The molecule has 5 bridgehead atoms. The van der Waals surface area contributed by atoms with E-state index in [0.717, 1.165) is 19.1 Å². The van der Waals surface area contributed by atoms with E-state index in [2.05, 4.69) is 17.4 Å². The summed E-state index contributed by atoms with van der Waals surface area (Å²) in [6.07, 6.45) is 7.53. The molecule has 2 aromatic rings. The largest absolute Gasteiger partial charge is 0.507 e. The number of Topliss-reactive ketones (excluding diaryl/α,β-unsaturated/α-hetero) is 1. The molecule has 2 aromatic carbocycles. The number of hydrogen-bond donors (Lipinski definition) is 6. The SMILES string of the molecule is CCCCC(CC)O/N=C/c1c2c(O)c3c(O)c(C)c4c(c3c1O)C(=O)C(C)(O/C=C/C(OC)C(C)C(OC(C)=O)C(C)C(O)C(C)C(O)C(C)/C=C/C=C(/C)C(=O)N2)O4. The topological polar surface area (TPSA) is 223 Å². The molecule has 330 valence electrons. The second-order valence-electron chi connectivity index (χ2n) is 16.1. The number of ether oxygens (including phenoxy) is 4. The van der Waals surface area contributed by atoms with Gasteiger partial charge in [0.05, 0.1) is 53.0 Å². The Morgan fingerprint density at radius 3 is 2.28 bits per heavy atom. The van der Waals surface area contributed by atoms with E-state index in [4.69, 9.17) is 23.8 Å². The molecule has 60 heavy (non-hydrogen) atoms. The number of hydrogen-bond acceptors (Lipinski definition) is 14. The minimum absolute atomic E-state index is 0.0398. The van der Waals surface area contributed by atoms with Crippen molar-refractivity contribution in [3.63, 3.8) is 0 Å². The van der Waals surface area contributed by atoms with Gasteiger partial charge in [0.25, 0.3) is 11.7 Å². The number of esters is 1. The molecule has 1 amide bonds. The quantitative estimate of drug-likeness (QED) is 0.0489. The molecule has 0 aromatic heterocycles. The van der Waals surface area contributed by atoms with Crippen molar-refractivity contribution in [3.05, 3.63) is 52.8 Å². The van der Waals surface area contributed by atoms with E-state index in [1.165, 1.54) is 53.2 Å². The van der Waals surface area contributed by atoms with Gasteiger partial charge in [0.2, 0.25) is 0 Å². The first-order chi connectivity index (χ1) is 28.3. The zero-order valence-corrected chi connectivity index (χ0v) is 36.4. The highest BCUT2D eigenvalue weighted by atomic mass is 16.7. The van der Waals surface area contributed by atoms with Crippen LogP contribution in [0.25, 0.3) is 10.8 Å². The monoisotopic (exact) mass is 838 g/mol. The van der Waals surface area contributed by atoms with Crippen LogP contribution in [0.5, 0.6) is 23.0 Å². The molecule has 0 saturated heterocycles. The average molecular weight is 839 g/mol. The fraction of sp³-hybridized carbons (Fsp3) is 0.556. The van der Waals surface area contributed by atoms with Crippen molar-refractivity contribution in [1.82, 2.24) is 0 Å². The fourth-order valence-electron chi connectivity index (χ4n) is 7.80. The molecule has 6 N–H and O–H groups in total. The first-order valence-corrected chi connectivity index (χ1v) is 20.5. The van der Waals surface area contributed by atoms with Crippen molar-refractivity contribution in [2.45, 2.75) is 131 Å². The van der Waals surface area contributed by atoms with Gasteiger partial charge in [0, 0.05) is 61.2 Å². The molecule has 0 aliphatic carbocycles. The number of rotatable bonds is 9. The number of phenolic OH excluding ortho intramolecular Hbond substituents is 3. The van der Waals surface area contributed by atoms with Crippen molar-refractivity contribution in [3.8, 4) is 23.0 Å². The Kier molecular flexibility index (Phi) is 15.8. The predicted octanol–water partition coefficient (Wildman–Crippen LogP) is 7.07. The Hall–Kier alpha value is -5.12. The number of phenols is 3. The van der Waals surface area contributed by atoms with E-state index in [1.807, 2.05) is 6.92 Å². The number of nitrogens with one attached hydrogen (secondary N) is 1. The van der Waals surface area contributed by atoms with E-state index >= 15 is 0 Å². The maximum Gasteiger partial charge on any atom is 0.312 e. The van der Waals surface area contributed by atoms with Gasteiger partial charge < -0.3 is 54.6 Å². The van der Waals surface area contributed by atoms with E-state index in [0.29, 0.717) is 12.8 Å². The minimum atomic E-state index is -2.06. The van der Waals surface area contributed by atoms with Crippen LogP contribution in [0.2, 0.25) is 0 Å². The third-order valence-corrected chi connectivity index (χ3v) is 11.8. The van der Waals surface area contributed by atoms with Gasteiger partial charge in [-0.15, -0.1) is 0 Å². The molecule has 10 unspecified atom stereocenters. The van der Waals surface area contributed by atoms with Crippen LogP contribution >= 0.6 is 0 Å². The lowest BCUT2D eigenvalue weighted by Crippen LogP contribution is -2.46. The number of oxime groups is 1. The molecule has 5 rings (SSSR count). The van der Waals surface area contributed by atoms with Crippen LogP contribution in [0, 0.1) is 30.6 Å². The molecule has 0 spiro atoms. The molecule has 15 nitrogen and oxygen atoms in total. The highest BCUT2D eigenvalue weighted by molar-refractivity contribution is 6.23. The Labute approximate surface area is 351 Å². The second-order valence-corrected chi connectivity index (χ2v) is 16.1. The van der Waals surface area contributed by atoms with E-state index in [-0.39, 0.29) is 50.6 Å². The summed E-state index contributed by atoms with van der Waals surface area (Å²) in [5.74, 6) is -8.57. The summed E-state index contributed by atoms with van der Waals surface area (Å²) in [4.78, 5) is 46.2. The lowest BCUT2D eigenvalue weighted by atomic mass is 9.78. The zero-order valence-electron chi connectivity index (χ0n) is 36.4. The fourth-order valence-corrected chi connectivity index (χ4v) is 7.80. The van der Waals surface area contributed by atoms with Crippen LogP contribution in [0.3, 0.4) is 0 Å². The number of ketones is 1. The summed E-state index contributed by atoms with van der Waals surface area (Å²) in [5, 5.41) is 64.5. The number of benzene rings is 2. The van der Waals surface area contributed by atoms with E-state index < -0.39 is 88.8 Å². The highest BCUT2D eigenvalue weighted by Gasteiger charge is 2.50. The molecular formula is C45H62N2O13. The normalized spacial score (nSPS) is 30.3. The number of carbonyl (C=O) groups excluding carboxylic acids is 3. The summed E-state index contributed by atoms with van der Waals surface area (Å²) >= 11 is 0. The Morgan fingerprint density at radius 2 is 1.67 bits per heavy atom. The smallest absolute Gasteiger partial charge is 0.312 e. The van der Waals surface area contributed by atoms with E-state index in [9.17, 15) is 39.9 Å². The van der Waals surface area contributed by atoms with Gasteiger partial charge >= 0.3 is 11.8 Å². The Balaban J connectivity index is 1.97. The van der Waals surface area contributed by atoms with Gasteiger partial charge in [-0.25, -0.2) is 0 Å². The van der Waals surface area contributed by atoms with Crippen LogP contribution in [-0.4, -0.2) is 92.8 Å². The van der Waals surface area contributed by atoms with Crippen LogP contribution in [-0.2, 0) is 28.6 Å². The molecular weight excluding hydrogens is 776 g/mol. The maximum atomic E-state index is 14.4. The summed E-state index contributed by atoms with van der Waals surface area (Å²) in [6, 6.07) is 0. The Morgan fingerprint density at radius 1 is 0.983 bits per heavy atom. The standard InChI is InChI=1S/C45H62N2O13/c1-12-14-18-29(13-2)60-46-21-30-35-40(53)33-32(39(30)52)34-42(27(8)38(33)51)59-45(10,43(34)54)57-20-19-31(56-11)24(5)41(58-28(9)48)26(7)37(50)25(6)36(49)22(3)16-15-17-23(4)44(55)47-35/h15-17,19-22,24-26,29,31,36-37,41,49-53H,12-14,18H2,1-11H3,(H,47,55)/b16-15+,20-19+,23-17-,46-21+.